The van der Waals surface area contributed by atoms with Crippen molar-refractivity contribution in [1.82, 2.24) is 4.90 Å². The normalized spacial score (nSPS) is 17.5. The number of methoxy groups -OCH3 is 1. The molecule has 1 heterocycles. The molecule has 0 bridgehead atoms. The van der Waals surface area contributed by atoms with Gasteiger partial charge in [-0.1, -0.05) is 24.0 Å². The van der Waals surface area contributed by atoms with Gasteiger partial charge in [-0.3, -0.25) is 9.59 Å². The van der Waals surface area contributed by atoms with Crippen LogP contribution in [0.25, 0.3) is 5.76 Å². The van der Waals surface area contributed by atoms with Crippen LogP contribution in [0, 0.1) is 0 Å². The van der Waals surface area contributed by atoms with E-state index in [0.717, 1.165) is 13.1 Å². The molecular weight excluding hydrogens is 448 g/mol. The van der Waals surface area contributed by atoms with E-state index in [1.165, 1.54) is 23.0 Å². The molecule has 8 nitrogen and oxygen atoms in total. The van der Waals surface area contributed by atoms with Gasteiger partial charge >= 0.3 is 0 Å². The monoisotopic (exact) mass is 482 g/mol. The molecule has 0 radical (unpaired) electrons. The molecule has 0 aliphatic carbocycles. The van der Waals surface area contributed by atoms with Crippen molar-refractivity contribution in [3.05, 3.63) is 59.2 Å². The number of hydrogen-bond acceptors (Lipinski definition) is 6. The summed E-state index contributed by atoms with van der Waals surface area (Å²) < 4.78 is 10.9. The quantitative estimate of drug-likeness (QED) is 0.301. The number of carbonyl (C=O) groups is 2. The second-order valence-electron chi connectivity index (χ2n) is 8.80. The smallest absolute Gasteiger partial charge is 0.295 e. The van der Waals surface area contributed by atoms with Crippen LogP contribution >= 0.6 is 0 Å². The van der Waals surface area contributed by atoms with E-state index in [9.17, 15) is 19.8 Å². The molecule has 0 spiro atoms. The fourth-order valence-corrected chi connectivity index (χ4v) is 4.31. The number of likely N-dealkylation sites (N-methyl/N-ethyl adjacent to an activating group) is 1. The standard InChI is InChI=1S/C27H34N2O6/c1-6-28(7-2)14-15-29-24(19-10-13-21(30)22(16-19)34-5)23(26(32)27(29)33)25(31)18-8-11-20(12-9-18)35-17(3)4/h8-13,16-17,24,30-31H,6-7,14-15H2,1-5H3/b25-23+. The van der Waals surface area contributed by atoms with Gasteiger partial charge < -0.3 is 29.5 Å². The zero-order chi connectivity index (χ0) is 25.7. The third kappa shape index (κ3) is 5.59. The number of quaternary nitrogens is 1. The summed E-state index contributed by atoms with van der Waals surface area (Å²) in [6, 6.07) is 10.3. The molecule has 2 N–H and O–H groups in total. The largest absolute Gasteiger partial charge is 0.872 e. The first-order valence-corrected chi connectivity index (χ1v) is 12.0. The number of aromatic hydroxyl groups is 1. The highest BCUT2D eigenvalue weighted by molar-refractivity contribution is 6.46. The molecule has 3 rings (SSSR count). The predicted molar refractivity (Wildman–Crippen MR) is 130 cm³/mol. The van der Waals surface area contributed by atoms with Gasteiger partial charge in [0.05, 0.1) is 45.4 Å². The van der Waals surface area contributed by atoms with E-state index in [2.05, 4.69) is 13.8 Å². The summed E-state index contributed by atoms with van der Waals surface area (Å²) >= 11 is 0. The molecule has 1 atom stereocenters. The minimum absolute atomic E-state index is 0.0182. The lowest BCUT2D eigenvalue weighted by molar-refractivity contribution is -0.895. The lowest BCUT2D eigenvalue weighted by atomic mass is 9.95. The summed E-state index contributed by atoms with van der Waals surface area (Å²) in [5.41, 5.74) is 0.718. The minimum atomic E-state index is -0.876. The Hall–Kier alpha value is -3.52. The molecule has 1 aliphatic heterocycles. The first-order chi connectivity index (χ1) is 16.7. The van der Waals surface area contributed by atoms with Gasteiger partial charge in [-0.2, -0.15) is 0 Å². The van der Waals surface area contributed by atoms with Gasteiger partial charge in [-0.15, -0.1) is 0 Å². The number of likely N-dealkylation sites (tertiary alicyclic amines) is 1. The number of hydrogen-bond donors (Lipinski definition) is 2. The SMILES string of the molecule is CC[NH+](CC)CCN1C(=O)C(=O)/C(=C(/[O-])c2ccc(OC(C)C)cc2)C1c1ccc(O)c(OC)c1. The molecule has 1 saturated heterocycles. The summed E-state index contributed by atoms with van der Waals surface area (Å²) in [5.74, 6) is -1.26. The van der Waals surface area contributed by atoms with Crippen molar-refractivity contribution < 1.29 is 34.2 Å². The Kier molecular flexibility index (Phi) is 8.40. The number of amides is 1. The van der Waals surface area contributed by atoms with Gasteiger partial charge in [0.1, 0.15) is 5.75 Å². The van der Waals surface area contributed by atoms with Crippen molar-refractivity contribution >= 4 is 17.4 Å². The van der Waals surface area contributed by atoms with Crippen molar-refractivity contribution in [3.8, 4) is 17.2 Å². The average Bonchev–Trinajstić information content (AvgIpc) is 3.09. The maximum absolute atomic E-state index is 13.6. The molecule has 1 fully saturated rings. The van der Waals surface area contributed by atoms with Gasteiger partial charge in [0, 0.05) is 5.57 Å². The zero-order valence-electron chi connectivity index (χ0n) is 21.0. The lowest BCUT2D eigenvalue weighted by Crippen LogP contribution is -3.12. The van der Waals surface area contributed by atoms with Crippen molar-refractivity contribution in [2.75, 3.05) is 33.3 Å². The zero-order valence-corrected chi connectivity index (χ0v) is 21.0. The number of nitrogens with zero attached hydrogens (tertiary/aromatic N) is 1. The van der Waals surface area contributed by atoms with Crippen LogP contribution in [-0.2, 0) is 9.59 Å². The number of ether oxygens (including phenoxy) is 2. The minimum Gasteiger partial charge on any atom is -0.872 e. The van der Waals surface area contributed by atoms with Gasteiger partial charge in [0.25, 0.3) is 5.91 Å². The maximum Gasteiger partial charge on any atom is 0.295 e. The molecule has 1 unspecified atom stereocenters. The number of rotatable bonds is 10. The van der Waals surface area contributed by atoms with E-state index < -0.39 is 23.5 Å². The highest BCUT2D eigenvalue weighted by Crippen LogP contribution is 2.41. The van der Waals surface area contributed by atoms with Crippen LogP contribution in [0.2, 0.25) is 0 Å². The van der Waals surface area contributed by atoms with E-state index in [4.69, 9.17) is 9.47 Å². The van der Waals surface area contributed by atoms with Crippen LogP contribution in [0.1, 0.15) is 44.9 Å². The van der Waals surface area contributed by atoms with E-state index in [-0.39, 0.29) is 23.2 Å². The average molecular weight is 483 g/mol. The van der Waals surface area contributed by atoms with Crippen molar-refractivity contribution in [2.24, 2.45) is 0 Å². The summed E-state index contributed by atoms with van der Waals surface area (Å²) in [4.78, 5) is 29.0. The molecule has 1 aliphatic rings. The second kappa shape index (κ2) is 11.3. The molecule has 35 heavy (non-hydrogen) atoms. The maximum atomic E-state index is 13.6. The van der Waals surface area contributed by atoms with Crippen LogP contribution < -0.4 is 19.5 Å². The molecule has 2 aromatic carbocycles. The predicted octanol–water partition coefficient (Wildman–Crippen LogP) is 1.34. The fraction of sp³-hybridized carbons (Fsp3) is 0.407. The Morgan fingerprint density at radius 1 is 1.11 bits per heavy atom. The number of phenolic OH excluding ortho intramolecular Hbond substituents is 1. The van der Waals surface area contributed by atoms with Crippen LogP contribution in [0.15, 0.2) is 48.0 Å². The summed E-state index contributed by atoms with van der Waals surface area (Å²) in [7, 11) is 1.42. The Bertz CT molecular complexity index is 1090. The van der Waals surface area contributed by atoms with Gasteiger partial charge in [-0.25, -0.2) is 0 Å². The molecule has 0 saturated carbocycles. The van der Waals surface area contributed by atoms with E-state index >= 15 is 0 Å². The molecule has 2 aromatic rings. The summed E-state index contributed by atoms with van der Waals surface area (Å²) in [6.45, 7) is 10.6. The second-order valence-corrected chi connectivity index (χ2v) is 8.80. The third-order valence-electron chi connectivity index (χ3n) is 6.24. The number of Topliss-reactive ketones (excluding diaryl/α,β-unsaturated/α-hetero) is 1. The Morgan fingerprint density at radius 3 is 2.34 bits per heavy atom. The van der Waals surface area contributed by atoms with Crippen LogP contribution in [0.4, 0.5) is 0 Å². The Morgan fingerprint density at radius 2 is 1.77 bits per heavy atom. The lowest BCUT2D eigenvalue weighted by Gasteiger charge is -2.29. The third-order valence-corrected chi connectivity index (χ3v) is 6.24. The van der Waals surface area contributed by atoms with Crippen molar-refractivity contribution in [1.29, 1.82) is 0 Å². The molecule has 1 amide bonds. The molecular formula is C27H34N2O6. The van der Waals surface area contributed by atoms with E-state index in [0.29, 0.717) is 30.0 Å². The van der Waals surface area contributed by atoms with Crippen molar-refractivity contribution in [3.63, 3.8) is 0 Å². The van der Waals surface area contributed by atoms with Gasteiger partial charge in [0.2, 0.25) is 5.78 Å². The number of nitrogens with one attached hydrogen (secondary N) is 1. The van der Waals surface area contributed by atoms with Crippen LogP contribution in [-0.4, -0.2) is 61.1 Å². The number of carbonyl (C=O) groups excluding carboxylic acids is 2. The molecule has 8 heteroatoms. The van der Waals surface area contributed by atoms with Gasteiger partial charge in [-0.05, 0) is 63.1 Å². The molecule has 0 aromatic heterocycles. The van der Waals surface area contributed by atoms with E-state index in [1.54, 1.807) is 36.4 Å². The number of benzene rings is 2. The Labute approximate surface area is 206 Å². The van der Waals surface area contributed by atoms with Crippen LogP contribution in [0.5, 0.6) is 17.2 Å². The van der Waals surface area contributed by atoms with Crippen LogP contribution in [0.3, 0.4) is 0 Å². The Balaban J connectivity index is 2.09. The van der Waals surface area contributed by atoms with E-state index in [1.807, 2.05) is 13.8 Å². The highest BCUT2D eigenvalue weighted by atomic mass is 16.5. The fourth-order valence-electron chi connectivity index (χ4n) is 4.31. The van der Waals surface area contributed by atoms with Gasteiger partial charge in [0.15, 0.2) is 11.5 Å². The molecule has 188 valence electrons. The first kappa shape index (κ1) is 26.1. The summed E-state index contributed by atoms with van der Waals surface area (Å²) in [5, 5.41) is 23.6. The highest BCUT2D eigenvalue weighted by Gasteiger charge is 2.44. The van der Waals surface area contributed by atoms with Crippen molar-refractivity contribution in [2.45, 2.75) is 39.8 Å². The topological polar surface area (TPSA) is 104 Å². The first-order valence-electron chi connectivity index (χ1n) is 12.0. The number of phenols is 1. The summed E-state index contributed by atoms with van der Waals surface area (Å²) in [6.07, 6.45) is -0.0182. The number of ketones is 1.